The number of thioether (sulfide) groups is 1. The molecule has 1 aromatic carbocycles. The molecule has 0 bridgehead atoms. The average molecular weight is 499 g/mol. The van der Waals surface area contributed by atoms with Gasteiger partial charge in [-0.2, -0.15) is 11.8 Å². The van der Waals surface area contributed by atoms with Gasteiger partial charge in [-0.1, -0.05) is 30.3 Å². The molecule has 1 aromatic heterocycles. The molecule has 5 nitrogen and oxygen atoms in total. The molecule has 1 N–H and O–H groups in total. The lowest BCUT2D eigenvalue weighted by Crippen LogP contribution is -2.51. The van der Waals surface area contributed by atoms with Crippen molar-refractivity contribution >= 4 is 41.7 Å². The fourth-order valence-electron chi connectivity index (χ4n) is 3.18. The van der Waals surface area contributed by atoms with Gasteiger partial charge >= 0.3 is 0 Å². The Morgan fingerprint density at radius 3 is 2.78 bits per heavy atom. The number of benzene rings is 1. The molecule has 0 saturated carbocycles. The first-order chi connectivity index (χ1) is 12.6. The van der Waals surface area contributed by atoms with Gasteiger partial charge in [0.1, 0.15) is 12.4 Å². The number of rotatable bonds is 5. The molecule has 2 aromatic rings. The fourth-order valence-corrected chi connectivity index (χ4v) is 4.30. The number of hydrogen-bond donors (Lipinski definition) is 1. The van der Waals surface area contributed by atoms with Crippen LogP contribution in [0.5, 0.6) is 0 Å². The molecular weight excluding hydrogens is 469 g/mol. The smallest absolute Gasteiger partial charge is 0.194 e. The van der Waals surface area contributed by atoms with Gasteiger partial charge in [-0.3, -0.25) is 0 Å². The third kappa shape index (κ3) is 6.41. The number of aromatic nitrogens is 2. The quantitative estimate of drug-likeness (QED) is 0.386. The molecule has 27 heavy (non-hydrogen) atoms. The molecule has 1 aliphatic rings. The van der Waals surface area contributed by atoms with Gasteiger partial charge in [-0.25, -0.2) is 9.98 Å². The summed E-state index contributed by atoms with van der Waals surface area (Å²) in [4.78, 5) is 11.8. The molecule has 1 saturated heterocycles. The van der Waals surface area contributed by atoms with E-state index in [0.29, 0.717) is 6.54 Å². The molecule has 148 valence electrons. The molecule has 0 atom stereocenters. The van der Waals surface area contributed by atoms with Crippen LogP contribution in [-0.2, 0) is 13.1 Å². The average Bonchev–Trinajstić information content (AvgIpc) is 3.05. The number of nitrogens with one attached hydrogen (secondary N) is 1. The lowest BCUT2D eigenvalue weighted by Gasteiger charge is -2.39. The summed E-state index contributed by atoms with van der Waals surface area (Å²) in [5.74, 6) is 3.13. The molecule has 0 unspecified atom stereocenters. The van der Waals surface area contributed by atoms with Crippen LogP contribution in [-0.4, -0.2) is 50.5 Å². The van der Waals surface area contributed by atoms with Gasteiger partial charge in [-0.15, -0.1) is 24.0 Å². The van der Waals surface area contributed by atoms with E-state index in [1.54, 1.807) is 0 Å². The van der Waals surface area contributed by atoms with Gasteiger partial charge in [0.2, 0.25) is 0 Å². The van der Waals surface area contributed by atoms with Crippen molar-refractivity contribution in [2.75, 3.05) is 25.4 Å². The Balaban J connectivity index is 0.00000261. The minimum atomic E-state index is 0. The van der Waals surface area contributed by atoms with Crippen molar-refractivity contribution in [2.45, 2.75) is 38.6 Å². The second-order valence-corrected chi connectivity index (χ2v) is 8.96. The van der Waals surface area contributed by atoms with E-state index < -0.39 is 0 Å². The van der Waals surface area contributed by atoms with E-state index in [1.807, 2.05) is 30.2 Å². The molecule has 0 spiro atoms. The van der Waals surface area contributed by atoms with Crippen molar-refractivity contribution in [1.82, 2.24) is 19.8 Å². The largest absolute Gasteiger partial charge is 0.357 e. The number of nitrogens with zero attached hydrogens (tertiary/aromatic N) is 4. The summed E-state index contributed by atoms with van der Waals surface area (Å²) < 4.78 is 2.44. The molecule has 3 rings (SSSR count). The summed E-state index contributed by atoms with van der Waals surface area (Å²) in [5.41, 5.74) is 1.28. The minimum Gasteiger partial charge on any atom is -0.357 e. The minimum absolute atomic E-state index is 0. The lowest BCUT2D eigenvalue weighted by molar-refractivity contribution is 0.375. The highest BCUT2D eigenvalue weighted by atomic mass is 127. The summed E-state index contributed by atoms with van der Waals surface area (Å²) >= 11 is 2.04. The monoisotopic (exact) mass is 499 g/mol. The van der Waals surface area contributed by atoms with Crippen molar-refractivity contribution < 1.29 is 0 Å². The van der Waals surface area contributed by atoms with Crippen LogP contribution in [0.1, 0.15) is 32.2 Å². The summed E-state index contributed by atoms with van der Waals surface area (Å²) in [6.07, 6.45) is 3.90. The standard InChI is InChI=1S/C20H29N5S.HI/c1-4-21-19(25-12-13-26-20(2,3)16-25)23-14-18-22-10-11-24(18)15-17-8-6-5-7-9-17;/h5-11H,4,12-16H2,1-3H3,(H,21,23);1H. The molecule has 0 radical (unpaired) electrons. The zero-order valence-corrected chi connectivity index (χ0v) is 19.5. The number of hydrogen-bond acceptors (Lipinski definition) is 3. The molecule has 0 aliphatic carbocycles. The molecule has 7 heteroatoms. The van der Waals surface area contributed by atoms with E-state index in [4.69, 9.17) is 4.99 Å². The van der Waals surface area contributed by atoms with Gasteiger partial charge in [0.25, 0.3) is 0 Å². The fraction of sp³-hybridized carbons (Fsp3) is 0.500. The Hall–Kier alpha value is -1.22. The first-order valence-electron chi connectivity index (χ1n) is 9.28. The maximum absolute atomic E-state index is 4.89. The van der Waals surface area contributed by atoms with Crippen LogP contribution in [0.3, 0.4) is 0 Å². The van der Waals surface area contributed by atoms with Crippen LogP contribution in [0.15, 0.2) is 47.7 Å². The van der Waals surface area contributed by atoms with Crippen LogP contribution in [0.2, 0.25) is 0 Å². The Labute approximate surface area is 184 Å². The SMILES string of the molecule is CCNC(=NCc1nccn1Cc1ccccc1)N1CCSC(C)(C)C1.I. The van der Waals surface area contributed by atoms with Crippen LogP contribution >= 0.6 is 35.7 Å². The summed E-state index contributed by atoms with van der Waals surface area (Å²) in [7, 11) is 0. The highest BCUT2D eigenvalue weighted by Gasteiger charge is 2.28. The Kier molecular flexibility index (Phi) is 8.47. The van der Waals surface area contributed by atoms with Gasteiger partial charge < -0.3 is 14.8 Å². The van der Waals surface area contributed by atoms with Crippen molar-refractivity contribution in [3.05, 3.63) is 54.1 Å². The topological polar surface area (TPSA) is 45.5 Å². The van der Waals surface area contributed by atoms with Crippen LogP contribution < -0.4 is 5.32 Å². The van der Waals surface area contributed by atoms with Crippen LogP contribution in [0, 0.1) is 0 Å². The number of imidazole rings is 1. The van der Waals surface area contributed by atoms with Gasteiger partial charge in [0.15, 0.2) is 5.96 Å². The lowest BCUT2D eigenvalue weighted by atomic mass is 10.2. The van der Waals surface area contributed by atoms with E-state index in [1.165, 1.54) is 5.56 Å². The third-order valence-electron chi connectivity index (χ3n) is 4.43. The Bertz CT molecular complexity index is 729. The third-order valence-corrected chi connectivity index (χ3v) is 5.73. The molecule has 1 fully saturated rings. The van der Waals surface area contributed by atoms with Gasteiger partial charge in [0.05, 0.1) is 0 Å². The second-order valence-electron chi connectivity index (χ2n) is 7.16. The van der Waals surface area contributed by atoms with Crippen LogP contribution in [0.25, 0.3) is 0 Å². The molecule has 0 amide bonds. The molecule has 2 heterocycles. The Morgan fingerprint density at radius 1 is 1.30 bits per heavy atom. The van der Waals surface area contributed by atoms with E-state index in [9.17, 15) is 0 Å². The molecule has 1 aliphatic heterocycles. The first-order valence-corrected chi connectivity index (χ1v) is 10.3. The zero-order valence-electron chi connectivity index (χ0n) is 16.4. The summed E-state index contributed by atoms with van der Waals surface area (Å²) in [6, 6.07) is 10.5. The normalized spacial score (nSPS) is 16.7. The van der Waals surface area contributed by atoms with E-state index in [0.717, 1.165) is 43.7 Å². The summed E-state index contributed by atoms with van der Waals surface area (Å²) in [5, 5.41) is 3.45. The van der Waals surface area contributed by atoms with Gasteiger partial charge in [-0.05, 0) is 26.3 Å². The van der Waals surface area contributed by atoms with Crippen molar-refractivity contribution in [1.29, 1.82) is 0 Å². The second kappa shape index (κ2) is 10.4. The van der Waals surface area contributed by atoms with Crippen LogP contribution in [0.4, 0.5) is 0 Å². The predicted molar refractivity (Wildman–Crippen MR) is 126 cm³/mol. The maximum atomic E-state index is 4.89. The Morgan fingerprint density at radius 2 is 2.07 bits per heavy atom. The van der Waals surface area contributed by atoms with E-state index in [-0.39, 0.29) is 28.7 Å². The number of guanidine groups is 1. The van der Waals surface area contributed by atoms with Crippen molar-refractivity contribution in [2.24, 2.45) is 4.99 Å². The van der Waals surface area contributed by atoms with Crippen molar-refractivity contribution in [3.8, 4) is 0 Å². The first kappa shape index (κ1) is 22.1. The number of halogens is 1. The van der Waals surface area contributed by atoms with Crippen molar-refractivity contribution in [3.63, 3.8) is 0 Å². The van der Waals surface area contributed by atoms with E-state index in [2.05, 4.69) is 64.8 Å². The zero-order chi connectivity index (χ0) is 18.4. The van der Waals surface area contributed by atoms with E-state index >= 15 is 0 Å². The highest BCUT2D eigenvalue weighted by molar-refractivity contribution is 14.0. The maximum Gasteiger partial charge on any atom is 0.194 e. The highest BCUT2D eigenvalue weighted by Crippen LogP contribution is 2.29. The van der Waals surface area contributed by atoms with Gasteiger partial charge in [0, 0.05) is 49.1 Å². The predicted octanol–water partition coefficient (Wildman–Crippen LogP) is 3.84. The number of aliphatic imine (C=N–C) groups is 1. The summed E-state index contributed by atoms with van der Waals surface area (Å²) in [6.45, 7) is 11.1. The molecular formula is C20H30IN5S.